The molecule has 0 nitrogen and oxygen atoms in total. The van der Waals surface area contributed by atoms with Gasteiger partial charge < -0.3 is 0 Å². The summed E-state index contributed by atoms with van der Waals surface area (Å²) in [5.41, 5.74) is 1.41. The van der Waals surface area contributed by atoms with Crippen LogP contribution in [0.15, 0.2) is 36.4 Å². The molecule has 4 rings (SSSR count). The van der Waals surface area contributed by atoms with Gasteiger partial charge in [0, 0.05) is 20.5 Å². The highest BCUT2D eigenvalue weighted by atomic mass is 32.1. The Morgan fingerprint density at radius 3 is 2.72 bits per heavy atom. The zero-order valence-corrected chi connectivity index (χ0v) is 11.6. The van der Waals surface area contributed by atoms with Crippen molar-refractivity contribution < 1.29 is 0 Å². The van der Waals surface area contributed by atoms with Gasteiger partial charge in [-0.05, 0) is 18.1 Å². The van der Waals surface area contributed by atoms with Crippen LogP contribution in [0, 0.1) is 5.92 Å². The van der Waals surface area contributed by atoms with Gasteiger partial charge in [0.15, 0.2) is 0 Å². The fourth-order valence-electron chi connectivity index (χ4n) is 2.41. The number of hydrogen-bond acceptors (Lipinski definition) is 2. The van der Waals surface area contributed by atoms with Crippen LogP contribution in [0.25, 0.3) is 31.6 Å². The summed E-state index contributed by atoms with van der Waals surface area (Å²) >= 11 is 3.84. The lowest BCUT2D eigenvalue weighted by Crippen LogP contribution is -1.77. The SMILES string of the molecule is CC1C=Cc2sc3c(sc4ccccc43)c2C=C1. The summed E-state index contributed by atoms with van der Waals surface area (Å²) in [4.78, 5) is 1.41. The number of hydrogen-bond donors (Lipinski definition) is 0. The topological polar surface area (TPSA) is 0 Å². The molecule has 1 aliphatic rings. The predicted molar refractivity (Wildman–Crippen MR) is 84.4 cm³/mol. The molecule has 2 heterocycles. The van der Waals surface area contributed by atoms with E-state index in [-0.39, 0.29) is 0 Å². The Morgan fingerprint density at radius 2 is 1.78 bits per heavy atom. The normalized spacial score (nSPS) is 18.4. The molecule has 0 saturated carbocycles. The minimum atomic E-state index is 0.536. The van der Waals surface area contributed by atoms with Gasteiger partial charge in [0.05, 0.1) is 9.40 Å². The van der Waals surface area contributed by atoms with Gasteiger partial charge in [-0.15, -0.1) is 22.7 Å². The van der Waals surface area contributed by atoms with Crippen molar-refractivity contribution >= 4 is 54.3 Å². The third kappa shape index (κ3) is 1.43. The molecule has 0 aliphatic heterocycles. The first kappa shape index (κ1) is 10.5. The fourth-order valence-corrected chi connectivity index (χ4v) is 5.06. The summed E-state index contributed by atoms with van der Waals surface area (Å²) < 4.78 is 4.30. The van der Waals surface area contributed by atoms with Crippen molar-refractivity contribution in [2.24, 2.45) is 5.92 Å². The van der Waals surface area contributed by atoms with Gasteiger partial charge in [-0.25, -0.2) is 0 Å². The maximum atomic E-state index is 2.30. The van der Waals surface area contributed by atoms with Crippen molar-refractivity contribution in [3.05, 3.63) is 46.9 Å². The maximum absolute atomic E-state index is 2.30. The van der Waals surface area contributed by atoms with E-state index in [1.54, 1.807) is 0 Å². The lowest BCUT2D eigenvalue weighted by Gasteiger charge is -1.91. The van der Waals surface area contributed by atoms with E-state index in [1.807, 2.05) is 22.7 Å². The Morgan fingerprint density at radius 1 is 0.944 bits per heavy atom. The smallest absolute Gasteiger partial charge is 0.0542 e. The van der Waals surface area contributed by atoms with Crippen LogP contribution in [-0.4, -0.2) is 0 Å². The van der Waals surface area contributed by atoms with E-state index in [9.17, 15) is 0 Å². The van der Waals surface area contributed by atoms with Crippen LogP contribution in [0.4, 0.5) is 0 Å². The molecule has 0 saturated heterocycles. The summed E-state index contributed by atoms with van der Waals surface area (Å²) in [6.07, 6.45) is 9.16. The second kappa shape index (κ2) is 3.81. The van der Waals surface area contributed by atoms with Crippen LogP contribution in [0.1, 0.15) is 17.4 Å². The number of benzene rings is 1. The molecule has 2 heteroatoms. The Balaban J connectivity index is 2.12. The fraction of sp³-hybridized carbons (Fsp3) is 0.125. The standard InChI is InChI=1S/C16H12S2/c1-10-6-8-12-14(9-7-10)18-15-11-4-2-3-5-13(11)17-16(12)15/h2-10H,1H3. The molecular weight excluding hydrogens is 256 g/mol. The quantitative estimate of drug-likeness (QED) is 0.484. The highest BCUT2D eigenvalue weighted by Gasteiger charge is 2.15. The van der Waals surface area contributed by atoms with E-state index in [4.69, 9.17) is 0 Å². The van der Waals surface area contributed by atoms with Crippen molar-refractivity contribution in [3.8, 4) is 0 Å². The summed E-state index contributed by atoms with van der Waals surface area (Å²) in [6.45, 7) is 2.23. The van der Waals surface area contributed by atoms with Crippen LogP contribution < -0.4 is 0 Å². The third-order valence-electron chi connectivity index (χ3n) is 3.39. The Hall–Kier alpha value is -1.38. The van der Waals surface area contributed by atoms with Crippen molar-refractivity contribution in [1.82, 2.24) is 0 Å². The Labute approximate surface area is 114 Å². The molecule has 1 unspecified atom stereocenters. The third-order valence-corrected chi connectivity index (χ3v) is 5.93. The van der Waals surface area contributed by atoms with Crippen LogP contribution in [0.3, 0.4) is 0 Å². The molecule has 1 aliphatic carbocycles. The largest absolute Gasteiger partial charge is 0.134 e. The second-order valence-corrected chi connectivity index (χ2v) is 6.82. The molecule has 88 valence electrons. The minimum absolute atomic E-state index is 0.536. The van der Waals surface area contributed by atoms with E-state index in [0.717, 1.165) is 0 Å². The van der Waals surface area contributed by atoms with E-state index in [1.165, 1.54) is 29.9 Å². The average Bonchev–Trinajstić information content (AvgIpc) is 2.83. The molecule has 1 aromatic carbocycles. The van der Waals surface area contributed by atoms with Gasteiger partial charge in [-0.3, -0.25) is 0 Å². The number of fused-ring (bicyclic) bond motifs is 5. The van der Waals surface area contributed by atoms with Gasteiger partial charge in [-0.1, -0.05) is 43.4 Å². The average molecular weight is 268 g/mol. The summed E-state index contributed by atoms with van der Waals surface area (Å²) in [6, 6.07) is 8.71. The monoisotopic (exact) mass is 268 g/mol. The second-order valence-electron chi connectivity index (χ2n) is 4.71. The van der Waals surface area contributed by atoms with E-state index in [2.05, 4.69) is 55.5 Å². The van der Waals surface area contributed by atoms with Crippen molar-refractivity contribution in [2.75, 3.05) is 0 Å². The molecular formula is C16H12S2. The molecule has 0 fully saturated rings. The predicted octanol–water partition coefficient (Wildman–Crippen LogP) is 5.79. The van der Waals surface area contributed by atoms with Gasteiger partial charge >= 0.3 is 0 Å². The molecule has 18 heavy (non-hydrogen) atoms. The van der Waals surface area contributed by atoms with Crippen LogP contribution >= 0.6 is 22.7 Å². The number of thiophene rings is 2. The Bertz CT molecular complexity index is 799. The van der Waals surface area contributed by atoms with Crippen molar-refractivity contribution in [3.63, 3.8) is 0 Å². The lowest BCUT2D eigenvalue weighted by molar-refractivity contribution is 0.954. The zero-order chi connectivity index (χ0) is 12.1. The zero-order valence-electron chi connectivity index (χ0n) is 10.0. The molecule has 0 N–H and O–H groups in total. The number of rotatable bonds is 0. The first-order chi connectivity index (χ1) is 8.83. The molecule has 2 aromatic heterocycles. The van der Waals surface area contributed by atoms with Gasteiger partial charge in [0.2, 0.25) is 0 Å². The van der Waals surface area contributed by atoms with E-state index < -0.39 is 0 Å². The summed E-state index contributed by atoms with van der Waals surface area (Å²) in [5, 5.41) is 1.41. The molecule has 3 aromatic rings. The minimum Gasteiger partial charge on any atom is -0.134 e. The lowest BCUT2D eigenvalue weighted by atomic mass is 10.1. The van der Waals surface area contributed by atoms with Crippen molar-refractivity contribution in [2.45, 2.75) is 6.92 Å². The van der Waals surface area contributed by atoms with Crippen LogP contribution in [-0.2, 0) is 0 Å². The van der Waals surface area contributed by atoms with E-state index >= 15 is 0 Å². The van der Waals surface area contributed by atoms with Crippen molar-refractivity contribution in [1.29, 1.82) is 0 Å². The first-order valence-electron chi connectivity index (χ1n) is 6.13. The summed E-state index contributed by atoms with van der Waals surface area (Å²) in [7, 11) is 0. The van der Waals surface area contributed by atoms with E-state index in [0.29, 0.717) is 5.92 Å². The van der Waals surface area contributed by atoms with Crippen LogP contribution in [0.5, 0.6) is 0 Å². The molecule has 0 radical (unpaired) electrons. The molecule has 0 spiro atoms. The van der Waals surface area contributed by atoms with Crippen LogP contribution in [0.2, 0.25) is 0 Å². The van der Waals surface area contributed by atoms with Gasteiger partial charge in [0.25, 0.3) is 0 Å². The highest BCUT2D eigenvalue weighted by molar-refractivity contribution is 7.33. The van der Waals surface area contributed by atoms with Gasteiger partial charge in [0.1, 0.15) is 0 Å². The Kier molecular flexibility index (Phi) is 2.23. The first-order valence-corrected chi connectivity index (χ1v) is 7.76. The molecule has 0 amide bonds. The molecule has 0 bridgehead atoms. The molecule has 1 atom stereocenters. The summed E-state index contributed by atoms with van der Waals surface area (Å²) in [5.74, 6) is 0.536. The highest BCUT2D eigenvalue weighted by Crippen LogP contribution is 2.44. The number of allylic oxidation sites excluding steroid dienone is 2. The van der Waals surface area contributed by atoms with Gasteiger partial charge in [-0.2, -0.15) is 0 Å². The maximum Gasteiger partial charge on any atom is 0.0542 e.